The lowest BCUT2D eigenvalue weighted by molar-refractivity contribution is -0.116. The van der Waals surface area contributed by atoms with Crippen molar-refractivity contribution in [2.24, 2.45) is 0 Å². The first-order valence-electron chi connectivity index (χ1n) is 8.12. The third kappa shape index (κ3) is 3.14. The second kappa shape index (κ2) is 6.93. The van der Waals surface area contributed by atoms with Gasteiger partial charge in [0.1, 0.15) is 0 Å². The number of carbonyl (C=O) groups excluding carboxylic acids is 1. The summed E-state index contributed by atoms with van der Waals surface area (Å²) < 4.78 is 1.25. The number of hydrogen-bond donors (Lipinski definition) is 1. The number of thiophene rings is 1. The average molecular weight is 361 g/mol. The Kier molecular flexibility index (Phi) is 4.33. The van der Waals surface area contributed by atoms with Crippen molar-refractivity contribution in [2.45, 2.75) is 6.42 Å². The number of nitrogens with one attached hydrogen (secondary N) is 1. The molecule has 0 saturated carbocycles. The van der Waals surface area contributed by atoms with E-state index in [-0.39, 0.29) is 17.9 Å². The van der Waals surface area contributed by atoms with Crippen LogP contribution in [0, 0.1) is 0 Å². The molecule has 0 saturated heterocycles. The first-order valence-corrected chi connectivity index (χ1v) is 9.00. The Morgan fingerprint density at radius 3 is 2.54 bits per heavy atom. The summed E-state index contributed by atoms with van der Waals surface area (Å²) in [4.78, 5) is 30.9. The van der Waals surface area contributed by atoms with Crippen LogP contribution in [0.25, 0.3) is 21.6 Å². The van der Waals surface area contributed by atoms with Crippen LogP contribution < -0.4 is 11.0 Å². The Morgan fingerprint density at radius 2 is 1.77 bits per heavy atom. The number of aromatic nitrogens is 2. The van der Waals surface area contributed by atoms with E-state index < -0.39 is 0 Å². The van der Waals surface area contributed by atoms with Gasteiger partial charge in [0.05, 0.1) is 22.2 Å². The van der Waals surface area contributed by atoms with Gasteiger partial charge < -0.3 is 0 Å². The second-order valence-corrected chi connectivity index (χ2v) is 6.72. The minimum absolute atomic E-state index is 0.185. The fourth-order valence-corrected chi connectivity index (χ4v) is 3.46. The highest BCUT2D eigenvalue weighted by Crippen LogP contribution is 2.23. The van der Waals surface area contributed by atoms with Crippen molar-refractivity contribution in [1.82, 2.24) is 9.66 Å². The largest absolute Gasteiger partial charge is 0.280 e. The SMILES string of the molecule is O=C(Cc1ccccc1)Nn1c(-c2cccs2)nc2ccccc2c1=O. The molecule has 2 heterocycles. The summed E-state index contributed by atoms with van der Waals surface area (Å²) in [5.41, 5.74) is 3.91. The van der Waals surface area contributed by atoms with Crippen LogP contribution in [-0.2, 0) is 11.2 Å². The van der Waals surface area contributed by atoms with Crippen LogP contribution in [-0.4, -0.2) is 15.6 Å². The Balaban J connectivity index is 1.77. The minimum atomic E-state index is -0.291. The highest BCUT2D eigenvalue weighted by Gasteiger charge is 2.15. The molecule has 0 radical (unpaired) electrons. The number of hydrogen-bond acceptors (Lipinski definition) is 4. The maximum Gasteiger partial charge on any atom is 0.280 e. The molecule has 6 heteroatoms. The van der Waals surface area contributed by atoms with E-state index in [9.17, 15) is 9.59 Å². The summed E-state index contributed by atoms with van der Waals surface area (Å²) in [6, 6.07) is 20.3. The van der Waals surface area contributed by atoms with Crippen molar-refractivity contribution in [3.8, 4) is 10.7 Å². The first-order chi connectivity index (χ1) is 12.7. The summed E-state index contributed by atoms with van der Waals surface area (Å²) >= 11 is 1.46. The molecule has 0 bridgehead atoms. The molecule has 5 nitrogen and oxygen atoms in total. The van der Waals surface area contributed by atoms with Gasteiger partial charge in [0.15, 0.2) is 5.82 Å². The fourth-order valence-electron chi connectivity index (χ4n) is 2.75. The molecular weight excluding hydrogens is 346 g/mol. The summed E-state index contributed by atoms with van der Waals surface area (Å²) in [6.45, 7) is 0. The van der Waals surface area contributed by atoms with Gasteiger partial charge in [0, 0.05) is 0 Å². The molecule has 0 aliphatic carbocycles. The fraction of sp³-hybridized carbons (Fsp3) is 0.0500. The van der Waals surface area contributed by atoms with Crippen molar-refractivity contribution in [3.63, 3.8) is 0 Å². The van der Waals surface area contributed by atoms with E-state index >= 15 is 0 Å². The van der Waals surface area contributed by atoms with Crippen LogP contribution in [0.3, 0.4) is 0 Å². The minimum Gasteiger partial charge on any atom is -0.273 e. The van der Waals surface area contributed by atoms with Gasteiger partial charge in [-0.15, -0.1) is 11.3 Å². The molecule has 2 aromatic carbocycles. The molecule has 26 heavy (non-hydrogen) atoms. The van der Waals surface area contributed by atoms with Gasteiger partial charge in [-0.2, -0.15) is 4.68 Å². The van der Waals surface area contributed by atoms with Gasteiger partial charge in [0.25, 0.3) is 5.56 Å². The smallest absolute Gasteiger partial charge is 0.273 e. The Bertz CT molecular complexity index is 1120. The molecule has 1 N–H and O–H groups in total. The predicted octanol–water partition coefficient (Wildman–Crippen LogP) is 3.44. The number of amides is 1. The van der Waals surface area contributed by atoms with Crippen LogP contribution in [0.1, 0.15) is 5.56 Å². The highest BCUT2D eigenvalue weighted by atomic mass is 32.1. The Hall–Kier alpha value is -3.25. The van der Waals surface area contributed by atoms with Gasteiger partial charge in [-0.1, -0.05) is 48.5 Å². The van der Waals surface area contributed by atoms with E-state index in [1.54, 1.807) is 18.2 Å². The van der Waals surface area contributed by atoms with Crippen molar-refractivity contribution < 1.29 is 4.79 Å². The van der Waals surface area contributed by atoms with Gasteiger partial charge in [0.2, 0.25) is 5.91 Å². The number of fused-ring (bicyclic) bond motifs is 1. The maximum atomic E-state index is 12.9. The lowest BCUT2D eigenvalue weighted by Gasteiger charge is -2.13. The zero-order chi connectivity index (χ0) is 17.9. The zero-order valence-corrected chi connectivity index (χ0v) is 14.6. The van der Waals surface area contributed by atoms with E-state index in [1.165, 1.54) is 16.0 Å². The van der Waals surface area contributed by atoms with Gasteiger partial charge in [-0.25, -0.2) is 4.98 Å². The first kappa shape index (κ1) is 16.2. The number of benzene rings is 2. The normalized spacial score (nSPS) is 10.8. The molecule has 0 fully saturated rings. The van der Waals surface area contributed by atoms with Crippen LogP contribution in [0.2, 0.25) is 0 Å². The van der Waals surface area contributed by atoms with E-state index in [2.05, 4.69) is 10.4 Å². The van der Waals surface area contributed by atoms with E-state index in [1.807, 2.05) is 53.9 Å². The van der Waals surface area contributed by atoms with Gasteiger partial charge in [-0.3, -0.25) is 15.0 Å². The highest BCUT2D eigenvalue weighted by molar-refractivity contribution is 7.13. The Labute approximate surface area is 153 Å². The molecule has 0 aliphatic rings. The standard InChI is InChI=1S/C20H15N3O2S/c24-18(13-14-7-2-1-3-8-14)22-23-19(17-11-6-12-26-17)21-16-10-5-4-9-15(16)20(23)25/h1-12H,13H2,(H,22,24). The molecule has 0 aliphatic heterocycles. The molecule has 128 valence electrons. The maximum absolute atomic E-state index is 12.9. The summed E-state index contributed by atoms with van der Waals surface area (Å²) in [6.07, 6.45) is 0.185. The summed E-state index contributed by atoms with van der Waals surface area (Å²) in [5.74, 6) is 0.165. The molecule has 4 rings (SSSR count). The van der Waals surface area contributed by atoms with E-state index in [0.29, 0.717) is 16.7 Å². The molecule has 0 unspecified atom stereocenters. The summed E-state index contributed by atoms with van der Waals surface area (Å²) in [7, 11) is 0. The van der Waals surface area contributed by atoms with Gasteiger partial charge in [-0.05, 0) is 29.1 Å². The van der Waals surface area contributed by atoms with Crippen LogP contribution in [0.5, 0.6) is 0 Å². The second-order valence-electron chi connectivity index (χ2n) is 5.77. The average Bonchev–Trinajstić information content (AvgIpc) is 3.19. The number of nitrogens with zero attached hydrogens (tertiary/aromatic N) is 2. The quantitative estimate of drug-likeness (QED) is 0.606. The van der Waals surface area contributed by atoms with Crippen molar-refractivity contribution >= 4 is 28.1 Å². The molecular formula is C20H15N3O2S. The predicted molar refractivity (Wildman–Crippen MR) is 104 cm³/mol. The number of carbonyl (C=O) groups is 1. The summed E-state index contributed by atoms with van der Waals surface area (Å²) in [5, 5.41) is 2.38. The van der Waals surface area contributed by atoms with E-state index in [0.717, 1.165) is 10.4 Å². The van der Waals surface area contributed by atoms with Crippen LogP contribution in [0.15, 0.2) is 76.9 Å². The van der Waals surface area contributed by atoms with Crippen LogP contribution in [0.4, 0.5) is 0 Å². The number of para-hydroxylation sites is 1. The molecule has 1 amide bonds. The molecule has 2 aromatic heterocycles. The van der Waals surface area contributed by atoms with E-state index in [4.69, 9.17) is 0 Å². The van der Waals surface area contributed by atoms with Crippen molar-refractivity contribution in [1.29, 1.82) is 0 Å². The topological polar surface area (TPSA) is 64.0 Å². The third-order valence-electron chi connectivity index (χ3n) is 3.96. The Morgan fingerprint density at radius 1 is 1.00 bits per heavy atom. The lowest BCUT2D eigenvalue weighted by atomic mass is 10.1. The zero-order valence-electron chi connectivity index (χ0n) is 13.8. The molecule has 0 atom stereocenters. The third-order valence-corrected chi connectivity index (χ3v) is 4.83. The van der Waals surface area contributed by atoms with Crippen LogP contribution >= 0.6 is 11.3 Å². The lowest BCUT2D eigenvalue weighted by Crippen LogP contribution is -2.35. The monoisotopic (exact) mass is 361 g/mol. The van der Waals surface area contributed by atoms with Gasteiger partial charge >= 0.3 is 0 Å². The van der Waals surface area contributed by atoms with Crippen molar-refractivity contribution in [2.75, 3.05) is 5.43 Å². The number of rotatable bonds is 4. The molecule has 4 aromatic rings. The molecule has 0 spiro atoms. The van der Waals surface area contributed by atoms with Crippen molar-refractivity contribution in [3.05, 3.63) is 88.0 Å².